The smallest absolute Gasteiger partial charge is 0.316 e. The largest absolute Gasteiger partial charge is 0.458 e. The van der Waals surface area contributed by atoms with E-state index in [1.807, 2.05) is 21.7 Å². The van der Waals surface area contributed by atoms with Gasteiger partial charge in [0.2, 0.25) is 5.91 Å². The van der Waals surface area contributed by atoms with Crippen LogP contribution in [0.5, 0.6) is 6.01 Å². The Kier molecular flexibility index (Phi) is 4.62. The van der Waals surface area contributed by atoms with E-state index in [1.54, 1.807) is 11.3 Å². The molecular formula is C15H16FN3O2S. The first-order valence-corrected chi connectivity index (χ1v) is 8.08. The van der Waals surface area contributed by atoms with Crippen molar-refractivity contribution in [2.45, 2.75) is 25.4 Å². The highest BCUT2D eigenvalue weighted by atomic mass is 32.1. The third-order valence-corrected chi connectivity index (χ3v) is 4.27. The van der Waals surface area contributed by atoms with Crippen molar-refractivity contribution < 1.29 is 13.9 Å². The van der Waals surface area contributed by atoms with Crippen LogP contribution in [-0.2, 0) is 11.2 Å². The predicted octanol–water partition coefficient (Wildman–Crippen LogP) is 2.29. The van der Waals surface area contributed by atoms with E-state index in [0.29, 0.717) is 13.0 Å². The van der Waals surface area contributed by atoms with Crippen molar-refractivity contribution in [2.24, 2.45) is 0 Å². The lowest BCUT2D eigenvalue weighted by molar-refractivity contribution is -0.133. The summed E-state index contributed by atoms with van der Waals surface area (Å²) in [6, 6.07) is 2.12. The molecule has 1 atom stereocenters. The SMILES string of the molecule is O=C(Cc1ccsc1)N1CCC[C@H](Oc2ncc(F)cn2)C1. The summed E-state index contributed by atoms with van der Waals surface area (Å²) in [7, 11) is 0. The molecule has 22 heavy (non-hydrogen) atoms. The number of carbonyl (C=O) groups is 1. The summed E-state index contributed by atoms with van der Waals surface area (Å²) in [5, 5.41) is 3.96. The monoisotopic (exact) mass is 321 g/mol. The van der Waals surface area contributed by atoms with E-state index in [-0.39, 0.29) is 18.0 Å². The van der Waals surface area contributed by atoms with Crippen LogP contribution in [0.2, 0.25) is 0 Å². The van der Waals surface area contributed by atoms with Crippen LogP contribution in [0.25, 0.3) is 0 Å². The van der Waals surface area contributed by atoms with Crippen molar-refractivity contribution in [3.05, 3.63) is 40.6 Å². The average molecular weight is 321 g/mol. The number of likely N-dealkylation sites (tertiary alicyclic amines) is 1. The van der Waals surface area contributed by atoms with Gasteiger partial charge in [-0.3, -0.25) is 4.79 Å². The topological polar surface area (TPSA) is 55.3 Å². The van der Waals surface area contributed by atoms with Gasteiger partial charge in [0.05, 0.1) is 25.4 Å². The van der Waals surface area contributed by atoms with E-state index in [4.69, 9.17) is 4.74 Å². The summed E-state index contributed by atoms with van der Waals surface area (Å²) in [5.41, 5.74) is 1.04. The van der Waals surface area contributed by atoms with Crippen molar-refractivity contribution in [3.8, 4) is 6.01 Å². The van der Waals surface area contributed by atoms with E-state index in [2.05, 4.69) is 9.97 Å². The summed E-state index contributed by atoms with van der Waals surface area (Å²) in [6.45, 7) is 1.26. The molecule has 1 aliphatic heterocycles. The molecule has 1 amide bonds. The third kappa shape index (κ3) is 3.79. The first kappa shape index (κ1) is 14.9. The predicted molar refractivity (Wildman–Crippen MR) is 80.2 cm³/mol. The van der Waals surface area contributed by atoms with Crippen molar-refractivity contribution in [3.63, 3.8) is 0 Å². The molecule has 1 fully saturated rings. The summed E-state index contributed by atoms with van der Waals surface area (Å²) in [6.07, 6.45) is 4.13. The number of hydrogen-bond donors (Lipinski definition) is 0. The van der Waals surface area contributed by atoms with Gasteiger partial charge in [-0.15, -0.1) is 0 Å². The van der Waals surface area contributed by atoms with E-state index < -0.39 is 5.82 Å². The molecule has 0 saturated carbocycles. The molecule has 0 spiro atoms. The van der Waals surface area contributed by atoms with E-state index in [0.717, 1.165) is 37.3 Å². The van der Waals surface area contributed by atoms with E-state index in [1.165, 1.54) is 0 Å². The maximum Gasteiger partial charge on any atom is 0.316 e. The molecule has 7 heteroatoms. The van der Waals surface area contributed by atoms with Gasteiger partial charge in [-0.05, 0) is 35.2 Å². The number of amides is 1. The quantitative estimate of drug-likeness (QED) is 0.867. The van der Waals surface area contributed by atoms with Gasteiger partial charge < -0.3 is 9.64 Å². The van der Waals surface area contributed by atoms with Crippen LogP contribution < -0.4 is 4.74 Å². The molecular weight excluding hydrogens is 305 g/mol. The zero-order valence-electron chi connectivity index (χ0n) is 11.9. The minimum Gasteiger partial charge on any atom is -0.458 e. The van der Waals surface area contributed by atoms with Crippen LogP contribution in [0.1, 0.15) is 18.4 Å². The van der Waals surface area contributed by atoms with Crippen LogP contribution in [0.3, 0.4) is 0 Å². The number of carbonyl (C=O) groups excluding carboxylic acids is 1. The molecule has 0 aliphatic carbocycles. The fourth-order valence-electron chi connectivity index (χ4n) is 2.45. The minimum atomic E-state index is -0.497. The second-order valence-corrected chi connectivity index (χ2v) is 5.99. The molecule has 0 N–H and O–H groups in total. The van der Waals surface area contributed by atoms with Gasteiger partial charge in [0.15, 0.2) is 5.82 Å². The number of piperidine rings is 1. The number of ether oxygens (including phenoxy) is 1. The normalized spacial score (nSPS) is 18.2. The second-order valence-electron chi connectivity index (χ2n) is 5.21. The molecule has 2 aromatic rings. The molecule has 0 radical (unpaired) electrons. The van der Waals surface area contributed by atoms with E-state index in [9.17, 15) is 9.18 Å². The number of rotatable bonds is 4. The Morgan fingerprint density at radius 3 is 3.00 bits per heavy atom. The molecule has 0 unspecified atom stereocenters. The molecule has 0 bridgehead atoms. The highest BCUT2D eigenvalue weighted by molar-refractivity contribution is 7.07. The number of nitrogens with zero attached hydrogens (tertiary/aromatic N) is 3. The minimum absolute atomic E-state index is 0.103. The lowest BCUT2D eigenvalue weighted by atomic mass is 10.1. The lowest BCUT2D eigenvalue weighted by Crippen LogP contribution is -2.45. The van der Waals surface area contributed by atoms with Gasteiger partial charge in [-0.1, -0.05) is 0 Å². The summed E-state index contributed by atoms with van der Waals surface area (Å²) in [4.78, 5) is 21.7. The highest BCUT2D eigenvalue weighted by Gasteiger charge is 2.25. The van der Waals surface area contributed by atoms with Crippen molar-refractivity contribution >= 4 is 17.2 Å². The molecule has 116 valence electrons. The number of aromatic nitrogens is 2. The van der Waals surface area contributed by atoms with Crippen LogP contribution in [0.4, 0.5) is 4.39 Å². The van der Waals surface area contributed by atoms with E-state index >= 15 is 0 Å². The van der Waals surface area contributed by atoms with Crippen molar-refractivity contribution in [2.75, 3.05) is 13.1 Å². The fraction of sp³-hybridized carbons (Fsp3) is 0.400. The van der Waals surface area contributed by atoms with Gasteiger partial charge in [0.25, 0.3) is 0 Å². The maximum absolute atomic E-state index is 12.8. The Morgan fingerprint density at radius 1 is 1.45 bits per heavy atom. The molecule has 0 aromatic carbocycles. The molecule has 5 nitrogen and oxygen atoms in total. The van der Waals surface area contributed by atoms with Gasteiger partial charge in [0, 0.05) is 6.54 Å². The summed E-state index contributed by atoms with van der Waals surface area (Å²) < 4.78 is 18.4. The average Bonchev–Trinajstić information content (AvgIpc) is 3.03. The molecule has 2 aromatic heterocycles. The van der Waals surface area contributed by atoms with Gasteiger partial charge in [-0.2, -0.15) is 11.3 Å². The van der Waals surface area contributed by atoms with Crippen molar-refractivity contribution in [1.82, 2.24) is 14.9 Å². The van der Waals surface area contributed by atoms with Crippen LogP contribution in [0, 0.1) is 5.82 Å². The molecule has 1 saturated heterocycles. The van der Waals surface area contributed by atoms with Gasteiger partial charge in [-0.25, -0.2) is 14.4 Å². The zero-order chi connectivity index (χ0) is 15.4. The summed E-state index contributed by atoms with van der Waals surface area (Å²) >= 11 is 1.59. The third-order valence-electron chi connectivity index (χ3n) is 3.54. The summed E-state index contributed by atoms with van der Waals surface area (Å²) in [5.74, 6) is -0.393. The molecule has 3 heterocycles. The maximum atomic E-state index is 12.8. The van der Waals surface area contributed by atoms with Crippen LogP contribution >= 0.6 is 11.3 Å². The molecule has 3 rings (SSSR count). The zero-order valence-corrected chi connectivity index (χ0v) is 12.8. The number of hydrogen-bond acceptors (Lipinski definition) is 5. The Hall–Kier alpha value is -2.02. The fourth-order valence-corrected chi connectivity index (χ4v) is 3.12. The standard InChI is InChI=1S/C15H16FN3O2S/c16-12-7-17-15(18-8-12)21-13-2-1-4-19(9-13)14(20)6-11-3-5-22-10-11/h3,5,7-8,10,13H,1-2,4,6,9H2/t13-/m0/s1. The van der Waals surface area contributed by atoms with Crippen LogP contribution in [-0.4, -0.2) is 40.0 Å². The van der Waals surface area contributed by atoms with Crippen LogP contribution in [0.15, 0.2) is 29.2 Å². The number of halogens is 1. The Labute approximate surface area is 131 Å². The van der Waals surface area contributed by atoms with Gasteiger partial charge >= 0.3 is 6.01 Å². The number of thiophene rings is 1. The van der Waals surface area contributed by atoms with Crippen molar-refractivity contribution in [1.29, 1.82) is 0 Å². The highest BCUT2D eigenvalue weighted by Crippen LogP contribution is 2.17. The van der Waals surface area contributed by atoms with Gasteiger partial charge in [0.1, 0.15) is 6.10 Å². The lowest BCUT2D eigenvalue weighted by Gasteiger charge is -2.32. The Morgan fingerprint density at radius 2 is 2.27 bits per heavy atom. The second kappa shape index (κ2) is 6.83. The molecule has 1 aliphatic rings. The first-order valence-electron chi connectivity index (χ1n) is 7.14. The first-order chi connectivity index (χ1) is 10.7. The Balaban J connectivity index is 1.56. The Bertz CT molecular complexity index is 618.